The van der Waals surface area contributed by atoms with Gasteiger partial charge in [0.2, 0.25) is 5.82 Å². The topological polar surface area (TPSA) is 55.5 Å². The van der Waals surface area contributed by atoms with Crippen LogP contribution in [0.15, 0.2) is 12.1 Å². The lowest BCUT2D eigenvalue weighted by Crippen LogP contribution is -2.34. The highest BCUT2D eigenvalue weighted by Gasteiger charge is 2.18. The molecule has 15 heavy (non-hydrogen) atoms. The minimum atomic E-state index is -0.737. The van der Waals surface area contributed by atoms with E-state index in [4.69, 9.17) is 10.5 Å². The summed E-state index contributed by atoms with van der Waals surface area (Å²) in [6, 6.07) is 3.10. The molecule has 0 fully saturated rings. The number of ether oxygens (including phenoxy) is 1. The van der Waals surface area contributed by atoms with Crippen LogP contribution >= 0.6 is 0 Å². The maximum Gasteiger partial charge on any atom is 0.206 e. The largest absolute Gasteiger partial charge is 0.505 e. The van der Waals surface area contributed by atoms with Gasteiger partial charge in [0.15, 0.2) is 11.5 Å². The molecule has 4 heteroatoms. The summed E-state index contributed by atoms with van der Waals surface area (Å²) < 4.78 is 18.2. The van der Waals surface area contributed by atoms with Crippen molar-refractivity contribution in [3.63, 3.8) is 0 Å². The van der Waals surface area contributed by atoms with Crippen LogP contribution in [0.3, 0.4) is 0 Å². The lowest BCUT2D eigenvalue weighted by molar-refractivity contribution is 0.359. The van der Waals surface area contributed by atoms with E-state index in [1.807, 2.05) is 13.8 Å². The van der Waals surface area contributed by atoms with Gasteiger partial charge in [-0.25, -0.2) is 0 Å². The standard InChI is InChI=1S/C11H16FNO2/c1-11(2,13)6-7-4-5-8(15-3)9(12)10(7)14/h4-5,14H,6,13H2,1-3H3. The molecule has 1 rings (SSSR count). The summed E-state index contributed by atoms with van der Waals surface area (Å²) in [4.78, 5) is 0. The summed E-state index contributed by atoms with van der Waals surface area (Å²) in [7, 11) is 1.35. The molecule has 1 aromatic rings. The number of halogens is 1. The second-order valence-electron chi connectivity index (χ2n) is 4.25. The van der Waals surface area contributed by atoms with Crippen molar-refractivity contribution < 1.29 is 14.2 Å². The van der Waals surface area contributed by atoms with Crippen LogP contribution < -0.4 is 10.5 Å². The third-order valence-corrected chi connectivity index (χ3v) is 2.03. The van der Waals surface area contributed by atoms with E-state index in [-0.39, 0.29) is 11.5 Å². The summed E-state index contributed by atoms with van der Waals surface area (Å²) in [6.45, 7) is 3.63. The molecule has 0 unspecified atom stereocenters. The number of benzene rings is 1. The van der Waals surface area contributed by atoms with E-state index in [1.54, 1.807) is 6.07 Å². The Balaban J connectivity index is 3.07. The van der Waals surface area contributed by atoms with Gasteiger partial charge in [-0.05, 0) is 31.9 Å². The van der Waals surface area contributed by atoms with Crippen LogP contribution in [0.4, 0.5) is 4.39 Å². The van der Waals surface area contributed by atoms with Crippen molar-refractivity contribution in [2.24, 2.45) is 5.73 Å². The molecule has 1 aromatic carbocycles. The van der Waals surface area contributed by atoms with Gasteiger partial charge >= 0.3 is 0 Å². The van der Waals surface area contributed by atoms with E-state index in [0.29, 0.717) is 12.0 Å². The molecule has 3 N–H and O–H groups in total. The monoisotopic (exact) mass is 213 g/mol. The van der Waals surface area contributed by atoms with E-state index >= 15 is 0 Å². The molecule has 84 valence electrons. The van der Waals surface area contributed by atoms with Crippen LogP contribution in [0, 0.1) is 5.82 Å². The average molecular weight is 213 g/mol. The number of rotatable bonds is 3. The Kier molecular flexibility index (Phi) is 3.19. The summed E-state index contributed by atoms with van der Waals surface area (Å²) in [6.07, 6.45) is 0.403. The Labute approximate surface area is 88.7 Å². The van der Waals surface area contributed by atoms with Gasteiger partial charge < -0.3 is 15.6 Å². The van der Waals surface area contributed by atoms with Gasteiger partial charge in [0.05, 0.1) is 7.11 Å². The van der Waals surface area contributed by atoms with Crippen molar-refractivity contribution in [2.75, 3.05) is 7.11 Å². The normalized spacial score (nSPS) is 11.5. The van der Waals surface area contributed by atoms with Crippen molar-refractivity contribution in [3.8, 4) is 11.5 Å². The molecule has 0 atom stereocenters. The van der Waals surface area contributed by atoms with Crippen LogP contribution in [-0.2, 0) is 6.42 Å². The first-order chi connectivity index (χ1) is 6.85. The van der Waals surface area contributed by atoms with Crippen LogP contribution in [-0.4, -0.2) is 17.8 Å². The maximum absolute atomic E-state index is 13.4. The molecule has 0 spiro atoms. The predicted molar refractivity (Wildman–Crippen MR) is 56.6 cm³/mol. The van der Waals surface area contributed by atoms with Gasteiger partial charge in [-0.3, -0.25) is 0 Å². The number of phenols is 1. The molecular formula is C11H16FNO2. The zero-order chi connectivity index (χ0) is 11.6. The average Bonchev–Trinajstić information content (AvgIpc) is 2.11. The van der Waals surface area contributed by atoms with Gasteiger partial charge in [0.25, 0.3) is 0 Å². The third-order valence-electron chi connectivity index (χ3n) is 2.03. The Morgan fingerprint density at radius 1 is 1.47 bits per heavy atom. The molecule has 0 amide bonds. The molecule has 0 aliphatic heterocycles. The molecule has 0 heterocycles. The van der Waals surface area contributed by atoms with E-state index in [0.717, 1.165) is 0 Å². The fraction of sp³-hybridized carbons (Fsp3) is 0.455. The van der Waals surface area contributed by atoms with Gasteiger partial charge in [-0.2, -0.15) is 4.39 Å². The van der Waals surface area contributed by atoms with Gasteiger partial charge in [-0.15, -0.1) is 0 Å². The summed E-state index contributed by atoms with van der Waals surface area (Å²) in [5.74, 6) is -1.08. The van der Waals surface area contributed by atoms with Crippen molar-refractivity contribution in [3.05, 3.63) is 23.5 Å². The van der Waals surface area contributed by atoms with E-state index in [1.165, 1.54) is 13.2 Å². The third kappa shape index (κ3) is 2.83. The highest BCUT2D eigenvalue weighted by molar-refractivity contribution is 5.42. The maximum atomic E-state index is 13.4. The minimum Gasteiger partial charge on any atom is -0.505 e. The number of hydrogen-bond acceptors (Lipinski definition) is 3. The molecule has 0 aliphatic carbocycles. The number of hydrogen-bond donors (Lipinski definition) is 2. The molecule has 3 nitrogen and oxygen atoms in total. The van der Waals surface area contributed by atoms with Crippen molar-refractivity contribution in [2.45, 2.75) is 25.8 Å². The molecule has 0 radical (unpaired) electrons. The summed E-state index contributed by atoms with van der Waals surface area (Å²) >= 11 is 0. The van der Waals surface area contributed by atoms with Crippen LogP contribution in [0.2, 0.25) is 0 Å². The number of aromatic hydroxyl groups is 1. The van der Waals surface area contributed by atoms with Crippen LogP contribution in [0.5, 0.6) is 11.5 Å². The smallest absolute Gasteiger partial charge is 0.206 e. The van der Waals surface area contributed by atoms with E-state index in [2.05, 4.69) is 0 Å². The highest BCUT2D eigenvalue weighted by Crippen LogP contribution is 2.30. The number of phenolic OH excluding ortho intramolecular Hbond substituents is 1. The molecule has 0 aliphatic rings. The lowest BCUT2D eigenvalue weighted by Gasteiger charge is -2.19. The fourth-order valence-corrected chi connectivity index (χ4v) is 1.38. The zero-order valence-corrected chi connectivity index (χ0v) is 9.17. The van der Waals surface area contributed by atoms with Crippen molar-refractivity contribution in [1.82, 2.24) is 0 Å². The van der Waals surface area contributed by atoms with Crippen molar-refractivity contribution in [1.29, 1.82) is 0 Å². The summed E-state index contributed by atoms with van der Waals surface area (Å²) in [5, 5.41) is 9.56. The molecule has 0 aromatic heterocycles. The number of methoxy groups -OCH3 is 1. The van der Waals surface area contributed by atoms with Crippen LogP contribution in [0.25, 0.3) is 0 Å². The van der Waals surface area contributed by atoms with E-state index < -0.39 is 11.4 Å². The zero-order valence-electron chi connectivity index (χ0n) is 9.17. The first-order valence-electron chi connectivity index (χ1n) is 4.68. The Morgan fingerprint density at radius 3 is 2.53 bits per heavy atom. The van der Waals surface area contributed by atoms with Crippen LogP contribution in [0.1, 0.15) is 19.4 Å². The highest BCUT2D eigenvalue weighted by atomic mass is 19.1. The fourth-order valence-electron chi connectivity index (χ4n) is 1.38. The molecule has 0 saturated heterocycles. The van der Waals surface area contributed by atoms with Gasteiger partial charge in [0.1, 0.15) is 0 Å². The predicted octanol–water partition coefficient (Wildman–Crippen LogP) is 1.82. The first-order valence-corrected chi connectivity index (χ1v) is 4.68. The Bertz CT molecular complexity index is 358. The van der Waals surface area contributed by atoms with Gasteiger partial charge in [-0.1, -0.05) is 6.07 Å². The van der Waals surface area contributed by atoms with E-state index in [9.17, 15) is 9.50 Å². The quantitative estimate of drug-likeness (QED) is 0.805. The second kappa shape index (κ2) is 4.06. The molecule has 0 saturated carbocycles. The molecular weight excluding hydrogens is 197 g/mol. The SMILES string of the molecule is COc1ccc(CC(C)(C)N)c(O)c1F. The van der Waals surface area contributed by atoms with Gasteiger partial charge in [0, 0.05) is 5.54 Å². The number of nitrogens with two attached hydrogens (primary N) is 1. The molecule has 0 bridgehead atoms. The Hall–Kier alpha value is -1.29. The minimum absolute atomic E-state index is 0.0334. The summed E-state index contributed by atoms with van der Waals surface area (Å²) in [5.41, 5.74) is 5.79. The Morgan fingerprint density at radius 2 is 2.07 bits per heavy atom. The first kappa shape index (κ1) is 11.8. The lowest BCUT2D eigenvalue weighted by atomic mass is 9.95. The van der Waals surface area contributed by atoms with Crippen molar-refractivity contribution >= 4 is 0 Å². The second-order valence-corrected chi connectivity index (χ2v) is 4.25.